The first kappa shape index (κ1) is 17.1. The number of carboxylic acid groups (broad SMARTS) is 1. The van der Waals surface area contributed by atoms with Crippen LogP contribution in [0.25, 0.3) is 0 Å². The lowest BCUT2D eigenvalue weighted by Crippen LogP contribution is -2.48. The molecule has 2 atom stereocenters. The van der Waals surface area contributed by atoms with Crippen LogP contribution in [0.4, 0.5) is 4.79 Å². The molecule has 0 unspecified atom stereocenters. The molecule has 6 heteroatoms. The molecule has 25 heavy (non-hydrogen) atoms. The monoisotopic (exact) mass is 350 g/mol. The van der Waals surface area contributed by atoms with Crippen molar-refractivity contribution >= 4 is 12.0 Å². The number of urea groups is 1. The average Bonchev–Trinajstić information content (AvgIpc) is 3.20. The van der Waals surface area contributed by atoms with E-state index in [2.05, 4.69) is 10.2 Å². The maximum Gasteiger partial charge on any atom is 0.317 e. The Morgan fingerprint density at radius 3 is 2.44 bits per heavy atom. The second kappa shape index (κ2) is 6.78. The molecule has 0 aromatic carbocycles. The zero-order chi connectivity index (χ0) is 17.4. The predicted molar refractivity (Wildman–Crippen MR) is 92.2 cm³/mol. The van der Waals surface area contributed by atoms with E-state index in [1.807, 2.05) is 0 Å². The van der Waals surface area contributed by atoms with Crippen LogP contribution in [0.2, 0.25) is 0 Å². The van der Waals surface area contributed by atoms with Gasteiger partial charge in [0.05, 0.1) is 5.92 Å². The van der Waals surface area contributed by atoms with Crippen molar-refractivity contribution < 1.29 is 19.4 Å². The van der Waals surface area contributed by atoms with Gasteiger partial charge in [-0.05, 0) is 62.7 Å². The molecular formula is C19H30N2O4. The number of likely N-dealkylation sites (tertiary alicyclic amines) is 1. The maximum atomic E-state index is 13.0. The zero-order valence-corrected chi connectivity index (χ0v) is 14.9. The lowest BCUT2D eigenvalue weighted by molar-refractivity contribution is -0.142. The van der Waals surface area contributed by atoms with E-state index in [9.17, 15) is 9.59 Å². The van der Waals surface area contributed by atoms with Crippen molar-refractivity contribution in [2.24, 2.45) is 17.3 Å². The van der Waals surface area contributed by atoms with Crippen molar-refractivity contribution in [1.82, 2.24) is 10.2 Å². The van der Waals surface area contributed by atoms with E-state index in [1.165, 1.54) is 12.8 Å². The van der Waals surface area contributed by atoms with Gasteiger partial charge in [-0.3, -0.25) is 4.79 Å². The normalized spacial score (nSPS) is 37.0. The van der Waals surface area contributed by atoms with Gasteiger partial charge in [-0.1, -0.05) is 6.42 Å². The van der Waals surface area contributed by atoms with Crippen LogP contribution in [0.3, 0.4) is 0 Å². The molecule has 2 aliphatic heterocycles. The molecule has 2 aliphatic carbocycles. The maximum absolute atomic E-state index is 13.0. The van der Waals surface area contributed by atoms with E-state index in [0.717, 1.165) is 51.9 Å². The minimum Gasteiger partial charge on any atom is -0.481 e. The molecule has 2 saturated heterocycles. The largest absolute Gasteiger partial charge is 0.481 e. The van der Waals surface area contributed by atoms with Crippen molar-refractivity contribution in [3.05, 3.63) is 0 Å². The van der Waals surface area contributed by atoms with Crippen LogP contribution in [0, 0.1) is 17.3 Å². The third-order valence-electron chi connectivity index (χ3n) is 7.31. The summed E-state index contributed by atoms with van der Waals surface area (Å²) in [4.78, 5) is 26.2. The van der Waals surface area contributed by atoms with E-state index < -0.39 is 5.97 Å². The van der Waals surface area contributed by atoms with Crippen molar-refractivity contribution in [3.8, 4) is 0 Å². The third kappa shape index (κ3) is 3.14. The van der Waals surface area contributed by atoms with E-state index >= 15 is 0 Å². The number of nitrogens with one attached hydrogen (secondary N) is 1. The Balaban J connectivity index is 1.38. The topological polar surface area (TPSA) is 78.9 Å². The summed E-state index contributed by atoms with van der Waals surface area (Å²) in [6.07, 6.45) is 8.69. The number of carbonyl (C=O) groups is 2. The zero-order valence-electron chi connectivity index (χ0n) is 14.9. The summed E-state index contributed by atoms with van der Waals surface area (Å²) in [7, 11) is 0. The molecule has 2 amide bonds. The highest BCUT2D eigenvalue weighted by molar-refractivity contribution is 5.76. The number of nitrogens with zero attached hydrogens (tertiary/aromatic N) is 1. The highest BCUT2D eigenvalue weighted by atomic mass is 16.5. The van der Waals surface area contributed by atoms with E-state index in [0.29, 0.717) is 24.8 Å². The summed E-state index contributed by atoms with van der Waals surface area (Å²) in [6, 6.07) is 0.613. The Labute approximate surface area is 149 Å². The summed E-state index contributed by atoms with van der Waals surface area (Å²) in [5, 5.41) is 12.3. The molecule has 2 N–H and O–H groups in total. The molecular weight excluding hydrogens is 320 g/mol. The number of carboxylic acids is 1. The standard InChI is InChI=1S/C19H30N2O4/c22-17(23)13-4-6-14(7-5-13)20-18(24)21-12-19(8-10-25-11-9-19)15-2-1-3-16(15)21/h13-16H,1-12H2,(H,20,24)(H,22,23)/t13?,14?,15-,16+/m1/s1. The Bertz CT molecular complexity index is 524. The van der Waals surface area contributed by atoms with Crippen LogP contribution >= 0.6 is 0 Å². The van der Waals surface area contributed by atoms with Gasteiger partial charge >= 0.3 is 12.0 Å². The number of carbonyl (C=O) groups excluding carboxylic acids is 1. The lowest BCUT2D eigenvalue weighted by Gasteiger charge is -2.37. The highest BCUT2D eigenvalue weighted by Gasteiger charge is 2.55. The van der Waals surface area contributed by atoms with Gasteiger partial charge in [0.1, 0.15) is 0 Å². The second-order valence-corrected chi connectivity index (χ2v) is 8.54. The van der Waals surface area contributed by atoms with E-state index in [1.54, 1.807) is 0 Å². The van der Waals surface area contributed by atoms with Gasteiger partial charge in [0.25, 0.3) is 0 Å². The average molecular weight is 350 g/mol. The summed E-state index contributed by atoms with van der Waals surface area (Å²) in [5.41, 5.74) is 0.276. The highest BCUT2D eigenvalue weighted by Crippen LogP contribution is 2.53. The Morgan fingerprint density at radius 1 is 1.04 bits per heavy atom. The fourth-order valence-electron chi connectivity index (χ4n) is 5.87. The predicted octanol–water partition coefficient (Wildman–Crippen LogP) is 2.62. The molecule has 2 heterocycles. The van der Waals surface area contributed by atoms with Gasteiger partial charge in [-0.2, -0.15) is 0 Å². The Kier molecular flexibility index (Phi) is 4.65. The van der Waals surface area contributed by atoms with Crippen molar-refractivity contribution in [2.45, 2.75) is 69.9 Å². The van der Waals surface area contributed by atoms with Crippen LogP contribution in [-0.2, 0) is 9.53 Å². The fourth-order valence-corrected chi connectivity index (χ4v) is 5.87. The van der Waals surface area contributed by atoms with Crippen LogP contribution in [-0.4, -0.2) is 53.8 Å². The number of fused-ring (bicyclic) bond motifs is 2. The van der Waals surface area contributed by atoms with Gasteiger partial charge in [0.15, 0.2) is 0 Å². The van der Waals surface area contributed by atoms with Gasteiger partial charge in [-0.15, -0.1) is 0 Å². The smallest absolute Gasteiger partial charge is 0.317 e. The summed E-state index contributed by atoms with van der Waals surface area (Å²) >= 11 is 0. The van der Waals surface area contributed by atoms with Gasteiger partial charge in [0.2, 0.25) is 0 Å². The molecule has 140 valence electrons. The summed E-state index contributed by atoms with van der Waals surface area (Å²) in [5.74, 6) is -0.283. The molecule has 0 aromatic heterocycles. The molecule has 6 nitrogen and oxygen atoms in total. The SMILES string of the molecule is O=C(O)C1CCC(NC(=O)N2CC3(CCOCC3)[C@@H]3CCC[C@@H]32)CC1. The molecule has 4 rings (SSSR count). The molecule has 0 aromatic rings. The first-order valence-corrected chi connectivity index (χ1v) is 9.97. The minimum atomic E-state index is -0.695. The molecule has 4 fully saturated rings. The van der Waals surface area contributed by atoms with Gasteiger partial charge < -0.3 is 20.1 Å². The molecule has 0 bridgehead atoms. The van der Waals surface area contributed by atoms with Crippen LogP contribution in [0.1, 0.15) is 57.8 Å². The quantitative estimate of drug-likeness (QED) is 0.802. The number of amides is 2. The van der Waals surface area contributed by atoms with Crippen LogP contribution < -0.4 is 5.32 Å². The number of aliphatic carboxylic acids is 1. The number of hydrogen-bond donors (Lipinski definition) is 2. The number of rotatable bonds is 2. The van der Waals surface area contributed by atoms with Crippen molar-refractivity contribution in [3.63, 3.8) is 0 Å². The molecule has 1 spiro atoms. The second-order valence-electron chi connectivity index (χ2n) is 8.54. The fraction of sp³-hybridized carbons (Fsp3) is 0.895. The molecule has 0 radical (unpaired) electrons. The minimum absolute atomic E-state index is 0.0824. The van der Waals surface area contributed by atoms with Crippen LogP contribution in [0.5, 0.6) is 0 Å². The van der Waals surface area contributed by atoms with E-state index in [-0.39, 0.29) is 23.4 Å². The first-order chi connectivity index (χ1) is 12.1. The van der Waals surface area contributed by atoms with Crippen molar-refractivity contribution in [1.29, 1.82) is 0 Å². The summed E-state index contributed by atoms with van der Waals surface area (Å²) < 4.78 is 5.58. The van der Waals surface area contributed by atoms with Crippen LogP contribution in [0.15, 0.2) is 0 Å². The lowest BCUT2D eigenvalue weighted by atomic mass is 9.71. The number of hydrogen-bond acceptors (Lipinski definition) is 3. The van der Waals surface area contributed by atoms with E-state index in [4.69, 9.17) is 9.84 Å². The third-order valence-corrected chi connectivity index (χ3v) is 7.31. The molecule has 2 saturated carbocycles. The number of ether oxygens (including phenoxy) is 1. The Morgan fingerprint density at radius 2 is 1.76 bits per heavy atom. The summed E-state index contributed by atoms with van der Waals surface area (Å²) in [6.45, 7) is 2.54. The molecule has 4 aliphatic rings. The first-order valence-electron chi connectivity index (χ1n) is 9.97. The van der Waals surface area contributed by atoms with Gasteiger partial charge in [0, 0.05) is 31.8 Å². The Hall–Kier alpha value is -1.30. The van der Waals surface area contributed by atoms with Crippen molar-refractivity contribution in [2.75, 3.05) is 19.8 Å². The van der Waals surface area contributed by atoms with Gasteiger partial charge in [-0.25, -0.2) is 4.79 Å².